The van der Waals surface area contributed by atoms with Gasteiger partial charge in [-0.25, -0.2) is 9.97 Å². The highest BCUT2D eigenvalue weighted by atomic mass is 35.5. The van der Waals surface area contributed by atoms with E-state index in [0.29, 0.717) is 17.4 Å². The van der Waals surface area contributed by atoms with Crippen LogP contribution in [0, 0.1) is 6.92 Å². The number of pyridine rings is 1. The molecule has 0 atom stereocenters. The Hall–Kier alpha value is -0.840. The van der Waals surface area contributed by atoms with Crippen LogP contribution in [0.1, 0.15) is 16.3 Å². The van der Waals surface area contributed by atoms with Crippen molar-refractivity contribution in [1.82, 2.24) is 9.97 Å². The predicted molar refractivity (Wildman–Crippen MR) is 77.8 cm³/mol. The molecule has 18 heavy (non-hydrogen) atoms. The summed E-state index contributed by atoms with van der Waals surface area (Å²) < 4.78 is 0. The number of rotatable bonds is 4. The van der Waals surface area contributed by atoms with Gasteiger partial charge >= 0.3 is 0 Å². The monoisotopic (exact) mass is 301 g/mol. The second kappa shape index (κ2) is 5.87. The third kappa shape index (κ3) is 3.13. The van der Waals surface area contributed by atoms with Crippen LogP contribution >= 0.6 is 34.5 Å². The molecule has 0 aliphatic rings. The van der Waals surface area contributed by atoms with Gasteiger partial charge in [0.15, 0.2) is 0 Å². The van der Waals surface area contributed by atoms with E-state index in [1.807, 2.05) is 30.3 Å². The summed E-state index contributed by atoms with van der Waals surface area (Å²) in [5.74, 6) is 1.17. The molecule has 3 nitrogen and oxygen atoms in total. The van der Waals surface area contributed by atoms with Gasteiger partial charge in [-0.15, -0.1) is 22.9 Å². The molecule has 0 aliphatic heterocycles. The maximum Gasteiger partial charge on any atom is 0.147 e. The number of nitrogens with zero attached hydrogens (tertiary/aromatic N) is 3. The van der Waals surface area contributed by atoms with Crippen molar-refractivity contribution >= 4 is 40.4 Å². The van der Waals surface area contributed by atoms with E-state index in [-0.39, 0.29) is 0 Å². The summed E-state index contributed by atoms with van der Waals surface area (Å²) in [6.07, 6.45) is 1.75. The minimum atomic E-state index is 0.419. The van der Waals surface area contributed by atoms with Crippen LogP contribution in [0.4, 0.5) is 5.82 Å². The van der Waals surface area contributed by atoms with Crippen LogP contribution in [0.15, 0.2) is 17.6 Å². The molecule has 0 unspecified atom stereocenters. The Bertz CT molecular complexity index is 542. The lowest BCUT2D eigenvalue weighted by Crippen LogP contribution is -2.18. The Balaban J connectivity index is 2.15. The number of aryl methyl sites for hydroxylation is 1. The number of anilines is 1. The van der Waals surface area contributed by atoms with Crippen LogP contribution in [-0.2, 0) is 12.4 Å². The summed E-state index contributed by atoms with van der Waals surface area (Å²) >= 11 is 13.6. The van der Waals surface area contributed by atoms with E-state index in [2.05, 4.69) is 9.97 Å². The van der Waals surface area contributed by atoms with E-state index in [0.717, 1.165) is 22.1 Å². The van der Waals surface area contributed by atoms with Gasteiger partial charge in [0.1, 0.15) is 5.82 Å². The average molecular weight is 302 g/mol. The van der Waals surface area contributed by atoms with Crippen LogP contribution in [-0.4, -0.2) is 17.0 Å². The highest BCUT2D eigenvalue weighted by molar-refractivity contribution is 7.09. The van der Waals surface area contributed by atoms with E-state index >= 15 is 0 Å². The minimum Gasteiger partial charge on any atom is -0.353 e. The molecule has 6 heteroatoms. The number of aromatic nitrogens is 2. The predicted octanol–water partition coefficient (Wildman–Crippen LogP) is 3.88. The Labute approximate surface area is 120 Å². The molecule has 2 aromatic rings. The van der Waals surface area contributed by atoms with Gasteiger partial charge in [0, 0.05) is 24.5 Å². The van der Waals surface area contributed by atoms with Gasteiger partial charge in [0.2, 0.25) is 0 Å². The molecular formula is C12H13Cl2N3S. The average Bonchev–Trinajstić information content (AvgIpc) is 2.74. The Morgan fingerprint density at radius 2 is 2.22 bits per heavy atom. The minimum absolute atomic E-state index is 0.419. The van der Waals surface area contributed by atoms with Gasteiger partial charge in [0.05, 0.1) is 22.3 Å². The lowest BCUT2D eigenvalue weighted by molar-refractivity contribution is 0.869. The fraction of sp³-hybridized carbons (Fsp3) is 0.333. The quantitative estimate of drug-likeness (QED) is 0.803. The van der Waals surface area contributed by atoms with Crippen molar-refractivity contribution < 1.29 is 0 Å². The van der Waals surface area contributed by atoms with Gasteiger partial charge in [-0.2, -0.15) is 0 Å². The molecule has 2 heterocycles. The summed E-state index contributed by atoms with van der Waals surface area (Å²) in [6.45, 7) is 2.69. The van der Waals surface area contributed by atoms with E-state index < -0.39 is 0 Å². The van der Waals surface area contributed by atoms with Gasteiger partial charge in [-0.3, -0.25) is 0 Å². The topological polar surface area (TPSA) is 29.0 Å². The van der Waals surface area contributed by atoms with Crippen molar-refractivity contribution in [2.45, 2.75) is 19.3 Å². The fourth-order valence-electron chi connectivity index (χ4n) is 1.62. The molecule has 0 bridgehead atoms. The highest BCUT2D eigenvalue weighted by Crippen LogP contribution is 2.25. The van der Waals surface area contributed by atoms with Crippen LogP contribution in [0.25, 0.3) is 0 Å². The summed E-state index contributed by atoms with van der Waals surface area (Å²) in [6, 6.07) is 1.85. The Kier molecular flexibility index (Phi) is 4.43. The van der Waals surface area contributed by atoms with Crippen molar-refractivity contribution in [2.24, 2.45) is 0 Å². The number of thiazole rings is 1. The number of hydrogen-bond donors (Lipinski definition) is 0. The first-order valence-corrected chi connectivity index (χ1v) is 7.22. The normalized spacial score (nSPS) is 10.7. The van der Waals surface area contributed by atoms with Crippen LogP contribution < -0.4 is 4.90 Å². The van der Waals surface area contributed by atoms with Crippen molar-refractivity contribution in [3.63, 3.8) is 0 Å². The third-order valence-corrected chi connectivity index (χ3v) is 3.87. The molecule has 0 spiro atoms. The van der Waals surface area contributed by atoms with Crippen LogP contribution in [0.2, 0.25) is 5.02 Å². The van der Waals surface area contributed by atoms with Gasteiger partial charge in [-0.05, 0) is 18.6 Å². The maximum atomic E-state index is 6.19. The molecule has 0 saturated heterocycles. The molecular weight excluding hydrogens is 289 g/mol. The molecule has 96 valence electrons. The molecule has 0 N–H and O–H groups in total. The smallest absolute Gasteiger partial charge is 0.147 e. The van der Waals surface area contributed by atoms with Crippen molar-refractivity contribution in [3.05, 3.63) is 38.9 Å². The zero-order valence-corrected chi connectivity index (χ0v) is 12.5. The number of alkyl halides is 1. The Morgan fingerprint density at radius 3 is 2.78 bits per heavy atom. The van der Waals surface area contributed by atoms with Crippen molar-refractivity contribution in [2.75, 3.05) is 11.9 Å². The number of halogens is 2. The first-order chi connectivity index (χ1) is 8.60. The molecule has 0 aromatic carbocycles. The first-order valence-electron chi connectivity index (χ1n) is 5.42. The summed E-state index contributed by atoms with van der Waals surface area (Å²) in [4.78, 5) is 10.7. The largest absolute Gasteiger partial charge is 0.353 e. The maximum absolute atomic E-state index is 6.19. The molecule has 0 amide bonds. The lowest BCUT2D eigenvalue weighted by atomic mass is 10.3. The standard InChI is InChI=1S/C12H13Cl2N3S/c1-8-16-10(7-18-8)6-17(2)12-11(14)3-9(4-13)5-15-12/h3,5,7H,4,6H2,1-2H3. The van der Waals surface area contributed by atoms with Crippen LogP contribution in [0.5, 0.6) is 0 Å². The van der Waals surface area contributed by atoms with Crippen LogP contribution in [0.3, 0.4) is 0 Å². The van der Waals surface area contributed by atoms with Crippen molar-refractivity contribution in [3.8, 4) is 0 Å². The lowest BCUT2D eigenvalue weighted by Gasteiger charge is -2.18. The first kappa shape index (κ1) is 13.6. The second-order valence-corrected chi connectivity index (χ2v) is 5.73. The highest BCUT2D eigenvalue weighted by Gasteiger charge is 2.10. The molecule has 0 radical (unpaired) electrons. The molecule has 2 rings (SSSR count). The zero-order chi connectivity index (χ0) is 13.1. The van der Waals surface area contributed by atoms with E-state index in [9.17, 15) is 0 Å². The summed E-state index contributed by atoms with van der Waals surface area (Å²) in [5, 5.41) is 3.73. The molecule has 0 saturated carbocycles. The SMILES string of the molecule is Cc1nc(CN(C)c2ncc(CCl)cc2Cl)cs1. The van der Waals surface area contributed by atoms with Gasteiger partial charge < -0.3 is 4.90 Å². The molecule has 2 aromatic heterocycles. The summed E-state index contributed by atoms with van der Waals surface area (Å²) in [5.41, 5.74) is 1.95. The molecule has 0 fully saturated rings. The van der Waals surface area contributed by atoms with E-state index in [4.69, 9.17) is 23.2 Å². The molecule has 0 aliphatic carbocycles. The fourth-order valence-corrected chi connectivity index (χ4v) is 2.71. The zero-order valence-electron chi connectivity index (χ0n) is 10.2. The Morgan fingerprint density at radius 1 is 1.44 bits per heavy atom. The van der Waals surface area contributed by atoms with Crippen molar-refractivity contribution in [1.29, 1.82) is 0 Å². The van der Waals surface area contributed by atoms with Gasteiger partial charge in [0.25, 0.3) is 0 Å². The van der Waals surface area contributed by atoms with E-state index in [1.54, 1.807) is 17.5 Å². The summed E-state index contributed by atoms with van der Waals surface area (Å²) in [7, 11) is 1.95. The number of hydrogen-bond acceptors (Lipinski definition) is 4. The second-order valence-electron chi connectivity index (χ2n) is 4.00. The van der Waals surface area contributed by atoms with E-state index in [1.165, 1.54) is 0 Å². The van der Waals surface area contributed by atoms with Gasteiger partial charge in [-0.1, -0.05) is 11.6 Å². The third-order valence-electron chi connectivity index (χ3n) is 2.46.